The maximum atomic E-state index is 5.74. The normalized spacial score (nSPS) is 12.0. The Morgan fingerprint density at radius 1 is 1.47 bits per heavy atom. The van der Waals surface area contributed by atoms with Crippen LogP contribution >= 0.6 is 11.3 Å². The van der Waals surface area contributed by atoms with Crippen molar-refractivity contribution < 1.29 is 0 Å². The van der Waals surface area contributed by atoms with Crippen molar-refractivity contribution in [2.75, 3.05) is 6.54 Å². The van der Waals surface area contributed by atoms with Crippen LogP contribution in [0.1, 0.15) is 25.2 Å². The quantitative estimate of drug-likeness (QED) is 0.875. The molecule has 0 unspecified atom stereocenters. The summed E-state index contributed by atoms with van der Waals surface area (Å²) in [6, 6.07) is 2.13. The number of nitrogens with two attached hydrogens (primary N) is 1. The highest BCUT2D eigenvalue weighted by atomic mass is 32.1. The van der Waals surface area contributed by atoms with Crippen LogP contribution < -0.4 is 5.73 Å². The Labute approximate surface area is 106 Å². The van der Waals surface area contributed by atoms with Gasteiger partial charge in [-0.2, -0.15) is 0 Å². The lowest BCUT2D eigenvalue weighted by atomic mass is 9.89. The minimum absolute atomic E-state index is 0.0968. The number of rotatable bonds is 4. The number of H-pyrrole nitrogens is 1. The van der Waals surface area contributed by atoms with E-state index in [1.165, 1.54) is 10.4 Å². The van der Waals surface area contributed by atoms with E-state index in [0.717, 1.165) is 17.9 Å². The minimum atomic E-state index is 0.0968. The first-order valence-corrected chi connectivity index (χ1v) is 6.68. The summed E-state index contributed by atoms with van der Waals surface area (Å²) in [7, 11) is 0. The SMILES string of the molecule is Cc1ccsc1-c1cnc(CC(C)(C)CN)[nH]1. The lowest BCUT2D eigenvalue weighted by molar-refractivity contribution is 0.369. The van der Waals surface area contributed by atoms with Gasteiger partial charge in [0, 0.05) is 6.42 Å². The predicted octanol–water partition coefficient (Wildman–Crippen LogP) is 2.97. The van der Waals surface area contributed by atoms with Gasteiger partial charge in [-0.05, 0) is 35.9 Å². The fourth-order valence-electron chi connectivity index (χ4n) is 1.74. The monoisotopic (exact) mass is 249 g/mol. The zero-order valence-corrected chi connectivity index (χ0v) is 11.4. The highest BCUT2D eigenvalue weighted by molar-refractivity contribution is 7.13. The summed E-state index contributed by atoms with van der Waals surface area (Å²) in [4.78, 5) is 9.11. The van der Waals surface area contributed by atoms with Gasteiger partial charge in [-0.15, -0.1) is 11.3 Å². The first-order chi connectivity index (χ1) is 8.02. The van der Waals surface area contributed by atoms with Gasteiger partial charge < -0.3 is 10.7 Å². The zero-order chi connectivity index (χ0) is 12.5. The van der Waals surface area contributed by atoms with Crippen molar-refractivity contribution in [2.24, 2.45) is 11.1 Å². The molecular weight excluding hydrogens is 230 g/mol. The first kappa shape index (κ1) is 12.3. The van der Waals surface area contributed by atoms with E-state index in [9.17, 15) is 0 Å². The van der Waals surface area contributed by atoms with Crippen LogP contribution in [0.2, 0.25) is 0 Å². The molecule has 3 N–H and O–H groups in total. The molecule has 0 spiro atoms. The highest BCUT2D eigenvalue weighted by Crippen LogP contribution is 2.28. The van der Waals surface area contributed by atoms with E-state index >= 15 is 0 Å². The van der Waals surface area contributed by atoms with Crippen LogP contribution in [-0.4, -0.2) is 16.5 Å². The van der Waals surface area contributed by atoms with E-state index in [1.807, 2.05) is 6.20 Å². The van der Waals surface area contributed by atoms with Gasteiger partial charge in [0.1, 0.15) is 5.82 Å². The van der Waals surface area contributed by atoms with Crippen LogP contribution in [0.4, 0.5) is 0 Å². The molecule has 2 aromatic rings. The van der Waals surface area contributed by atoms with Gasteiger partial charge in [-0.3, -0.25) is 0 Å². The minimum Gasteiger partial charge on any atom is -0.341 e. The highest BCUT2D eigenvalue weighted by Gasteiger charge is 2.18. The molecule has 2 aromatic heterocycles. The first-order valence-electron chi connectivity index (χ1n) is 5.80. The number of imidazole rings is 1. The van der Waals surface area contributed by atoms with Crippen LogP contribution in [0.15, 0.2) is 17.6 Å². The Hall–Kier alpha value is -1.13. The molecule has 0 atom stereocenters. The molecule has 0 aliphatic carbocycles. The van der Waals surface area contributed by atoms with E-state index in [1.54, 1.807) is 11.3 Å². The van der Waals surface area contributed by atoms with E-state index in [-0.39, 0.29) is 5.41 Å². The molecule has 0 bridgehead atoms. The van der Waals surface area contributed by atoms with Crippen LogP contribution in [0.5, 0.6) is 0 Å². The summed E-state index contributed by atoms with van der Waals surface area (Å²) >= 11 is 1.74. The van der Waals surface area contributed by atoms with Crippen molar-refractivity contribution in [2.45, 2.75) is 27.2 Å². The topological polar surface area (TPSA) is 54.7 Å². The molecule has 0 aliphatic heterocycles. The molecule has 92 valence electrons. The van der Waals surface area contributed by atoms with E-state index < -0.39 is 0 Å². The van der Waals surface area contributed by atoms with Crippen molar-refractivity contribution in [1.29, 1.82) is 0 Å². The molecule has 2 rings (SSSR count). The smallest absolute Gasteiger partial charge is 0.107 e. The molecule has 0 aromatic carbocycles. The second-order valence-electron chi connectivity index (χ2n) is 5.22. The van der Waals surface area contributed by atoms with Crippen molar-refractivity contribution in [3.63, 3.8) is 0 Å². The summed E-state index contributed by atoms with van der Waals surface area (Å²) in [5.74, 6) is 1.02. The molecule has 0 radical (unpaired) electrons. The third-order valence-electron chi connectivity index (χ3n) is 2.93. The van der Waals surface area contributed by atoms with Crippen molar-refractivity contribution in [3.8, 4) is 10.6 Å². The van der Waals surface area contributed by atoms with Crippen molar-refractivity contribution in [1.82, 2.24) is 9.97 Å². The summed E-state index contributed by atoms with van der Waals surface area (Å²) in [5.41, 5.74) is 8.24. The molecule has 0 aliphatic rings. The standard InChI is InChI=1S/C13H19N3S/c1-9-4-5-17-12(9)10-7-15-11(16-10)6-13(2,3)8-14/h4-5,7H,6,8,14H2,1-3H3,(H,15,16). The average Bonchev–Trinajstić information content (AvgIpc) is 2.86. The second kappa shape index (κ2) is 4.63. The maximum absolute atomic E-state index is 5.74. The Balaban J connectivity index is 2.20. The van der Waals surface area contributed by atoms with Crippen molar-refractivity contribution >= 4 is 11.3 Å². The Bertz CT molecular complexity index is 496. The Kier molecular flexibility index (Phi) is 3.35. The predicted molar refractivity (Wildman–Crippen MR) is 73.2 cm³/mol. The van der Waals surface area contributed by atoms with Gasteiger partial charge in [-0.25, -0.2) is 4.98 Å². The maximum Gasteiger partial charge on any atom is 0.107 e. The lowest BCUT2D eigenvalue weighted by Gasteiger charge is -2.20. The number of aryl methyl sites for hydroxylation is 1. The van der Waals surface area contributed by atoms with Gasteiger partial charge in [0.2, 0.25) is 0 Å². The third-order valence-corrected chi connectivity index (χ3v) is 3.98. The Morgan fingerprint density at radius 3 is 2.82 bits per heavy atom. The van der Waals surface area contributed by atoms with Crippen LogP contribution in [0, 0.1) is 12.3 Å². The molecular formula is C13H19N3S. The lowest BCUT2D eigenvalue weighted by Crippen LogP contribution is -2.26. The van der Waals surface area contributed by atoms with Gasteiger partial charge in [-0.1, -0.05) is 13.8 Å². The number of hydrogen-bond donors (Lipinski definition) is 2. The van der Waals surface area contributed by atoms with Crippen LogP contribution in [0.25, 0.3) is 10.6 Å². The number of nitrogens with one attached hydrogen (secondary N) is 1. The second-order valence-corrected chi connectivity index (χ2v) is 6.14. The van der Waals surface area contributed by atoms with Gasteiger partial charge in [0.25, 0.3) is 0 Å². The number of nitrogens with zero attached hydrogens (tertiary/aromatic N) is 1. The molecule has 2 heterocycles. The zero-order valence-electron chi connectivity index (χ0n) is 10.6. The average molecular weight is 249 g/mol. The van der Waals surface area contributed by atoms with Crippen LogP contribution in [0.3, 0.4) is 0 Å². The third kappa shape index (κ3) is 2.76. The fourth-order valence-corrected chi connectivity index (χ4v) is 2.63. The number of aromatic nitrogens is 2. The number of hydrogen-bond acceptors (Lipinski definition) is 3. The summed E-state index contributed by atoms with van der Waals surface area (Å²) in [6.07, 6.45) is 2.80. The summed E-state index contributed by atoms with van der Waals surface area (Å²) in [6.45, 7) is 7.11. The van der Waals surface area contributed by atoms with Crippen LogP contribution in [-0.2, 0) is 6.42 Å². The van der Waals surface area contributed by atoms with E-state index in [0.29, 0.717) is 6.54 Å². The molecule has 17 heavy (non-hydrogen) atoms. The molecule has 0 saturated carbocycles. The molecule has 0 saturated heterocycles. The summed E-state index contributed by atoms with van der Waals surface area (Å²) in [5, 5.41) is 2.11. The van der Waals surface area contributed by atoms with Gasteiger partial charge in [0.05, 0.1) is 16.8 Å². The largest absolute Gasteiger partial charge is 0.341 e. The number of aromatic amines is 1. The summed E-state index contributed by atoms with van der Waals surface area (Å²) < 4.78 is 0. The van der Waals surface area contributed by atoms with Gasteiger partial charge in [0.15, 0.2) is 0 Å². The molecule has 4 heteroatoms. The molecule has 3 nitrogen and oxygen atoms in total. The number of thiophene rings is 1. The molecule has 0 amide bonds. The van der Waals surface area contributed by atoms with E-state index in [4.69, 9.17) is 5.73 Å². The fraction of sp³-hybridized carbons (Fsp3) is 0.462. The Morgan fingerprint density at radius 2 is 2.24 bits per heavy atom. The van der Waals surface area contributed by atoms with Gasteiger partial charge >= 0.3 is 0 Å². The van der Waals surface area contributed by atoms with Crippen molar-refractivity contribution in [3.05, 3.63) is 29.0 Å². The molecule has 0 fully saturated rings. The van der Waals surface area contributed by atoms with E-state index in [2.05, 4.69) is 42.2 Å².